The van der Waals surface area contributed by atoms with Crippen LogP contribution in [0.15, 0.2) is 6.20 Å². The van der Waals surface area contributed by atoms with Crippen molar-refractivity contribution >= 4 is 11.0 Å². The highest BCUT2D eigenvalue weighted by atomic mass is 16.5. The lowest BCUT2D eigenvalue weighted by Gasteiger charge is -2.17. The van der Waals surface area contributed by atoms with Crippen LogP contribution in [0, 0.1) is 5.92 Å². The molecule has 0 fully saturated rings. The molecule has 0 radical (unpaired) electrons. The van der Waals surface area contributed by atoms with Crippen LogP contribution in [0.3, 0.4) is 0 Å². The molecule has 0 spiro atoms. The van der Waals surface area contributed by atoms with Crippen molar-refractivity contribution in [3.63, 3.8) is 0 Å². The lowest BCUT2D eigenvalue weighted by Crippen LogP contribution is -2.17. The summed E-state index contributed by atoms with van der Waals surface area (Å²) in [6.07, 6.45) is 1.93. The fraction of sp³-hybridized carbons (Fsp3) is 0.538. The van der Waals surface area contributed by atoms with E-state index in [0.717, 1.165) is 16.6 Å². The fourth-order valence-electron chi connectivity index (χ4n) is 2.26. The van der Waals surface area contributed by atoms with Crippen LogP contribution in [0.5, 0.6) is 11.9 Å². The van der Waals surface area contributed by atoms with Gasteiger partial charge in [-0.05, 0) is 12.5 Å². The van der Waals surface area contributed by atoms with Gasteiger partial charge in [-0.2, -0.15) is 9.97 Å². The maximum Gasteiger partial charge on any atom is 0.320 e. The van der Waals surface area contributed by atoms with Crippen molar-refractivity contribution in [1.82, 2.24) is 15.0 Å². The highest BCUT2D eigenvalue weighted by Crippen LogP contribution is 2.33. The van der Waals surface area contributed by atoms with Crippen molar-refractivity contribution in [1.29, 1.82) is 0 Å². The zero-order valence-electron chi connectivity index (χ0n) is 11.7. The first-order chi connectivity index (χ1) is 9.12. The number of aromatic nitrogens is 3. The second-order valence-electron chi connectivity index (χ2n) is 4.77. The molecule has 0 saturated heterocycles. The van der Waals surface area contributed by atoms with Crippen molar-refractivity contribution in [2.45, 2.75) is 19.8 Å². The molecule has 0 aromatic carbocycles. The van der Waals surface area contributed by atoms with Crippen LogP contribution in [0.25, 0.3) is 11.0 Å². The van der Waals surface area contributed by atoms with Gasteiger partial charge in [0.2, 0.25) is 5.88 Å². The summed E-state index contributed by atoms with van der Waals surface area (Å²) < 4.78 is 10.4. The van der Waals surface area contributed by atoms with E-state index in [2.05, 4.69) is 28.8 Å². The Balaban J connectivity index is 2.63. The maximum absolute atomic E-state index is 5.88. The summed E-state index contributed by atoms with van der Waals surface area (Å²) in [7, 11) is 3.11. The van der Waals surface area contributed by atoms with E-state index in [4.69, 9.17) is 15.2 Å². The highest BCUT2D eigenvalue weighted by molar-refractivity contribution is 5.84. The van der Waals surface area contributed by atoms with Crippen LogP contribution in [0.2, 0.25) is 0 Å². The van der Waals surface area contributed by atoms with Crippen molar-refractivity contribution in [3.05, 3.63) is 11.8 Å². The molecule has 0 amide bonds. The number of methoxy groups -OCH3 is 2. The van der Waals surface area contributed by atoms with Gasteiger partial charge in [-0.25, -0.2) is 0 Å². The van der Waals surface area contributed by atoms with Crippen LogP contribution in [-0.2, 0) is 0 Å². The second-order valence-corrected chi connectivity index (χ2v) is 4.77. The molecule has 0 bridgehead atoms. The van der Waals surface area contributed by atoms with Gasteiger partial charge in [-0.3, -0.25) is 0 Å². The molecule has 0 aliphatic heterocycles. The first-order valence-electron chi connectivity index (χ1n) is 6.29. The van der Waals surface area contributed by atoms with Gasteiger partial charge < -0.3 is 20.2 Å². The number of H-pyrrole nitrogens is 1. The molecule has 104 valence electrons. The molecule has 0 saturated carbocycles. The number of ether oxygens (including phenoxy) is 2. The number of nitrogens with one attached hydrogen (secondary N) is 1. The molecule has 6 nitrogen and oxygen atoms in total. The molecule has 2 rings (SSSR count). The molecular weight excluding hydrogens is 244 g/mol. The van der Waals surface area contributed by atoms with Crippen LogP contribution in [-0.4, -0.2) is 35.7 Å². The molecule has 6 heteroatoms. The number of hydrogen-bond acceptors (Lipinski definition) is 5. The average molecular weight is 264 g/mol. The molecule has 19 heavy (non-hydrogen) atoms. The number of rotatable bonds is 5. The largest absolute Gasteiger partial charge is 0.479 e. The average Bonchev–Trinajstić information content (AvgIpc) is 2.82. The third-order valence-corrected chi connectivity index (χ3v) is 3.33. The van der Waals surface area contributed by atoms with Gasteiger partial charge in [0, 0.05) is 17.7 Å². The Morgan fingerprint density at radius 2 is 2.00 bits per heavy atom. The third-order valence-electron chi connectivity index (χ3n) is 3.33. The van der Waals surface area contributed by atoms with Crippen molar-refractivity contribution < 1.29 is 9.47 Å². The molecule has 2 aromatic heterocycles. The zero-order valence-corrected chi connectivity index (χ0v) is 11.7. The summed E-state index contributed by atoms with van der Waals surface area (Å²) in [6.45, 7) is 4.86. The Kier molecular flexibility index (Phi) is 3.90. The van der Waals surface area contributed by atoms with E-state index in [1.807, 2.05) is 6.20 Å². The van der Waals surface area contributed by atoms with Crippen LogP contribution >= 0.6 is 0 Å². The van der Waals surface area contributed by atoms with Gasteiger partial charge in [0.15, 0.2) is 0 Å². The summed E-state index contributed by atoms with van der Waals surface area (Å²) in [5.41, 5.74) is 8.54. The summed E-state index contributed by atoms with van der Waals surface area (Å²) in [6, 6.07) is 0.296. The molecule has 1 unspecified atom stereocenters. The fourth-order valence-corrected chi connectivity index (χ4v) is 2.26. The lowest BCUT2D eigenvalue weighted by molar-refractivity contribution is 0.356. The Labute approximate surface area is 112 Å². The van der Waals surface area contributed by atoms with Gasteiger partial charge >= 0.3 is 6.01 Å². The minimum absolute atomic E-state index is 0.234. The first-order valence-corrected chi connectivity index (χ1v) is 6.29. The van der Waals surface area contributed by atoms with Crippen molar-refractivity contribution in [3.8, 4) is 11.9 Å². The van der Waals surface area contributed by atoms with E-state index in [0.29, 0.717) is 24.4 Å². The van der Waals surface area contributed by atoms with Crippen molar-refractivity contribution in [2.75, 3.05) is 20.8 Å². The quantitative estimate of drug-likeness (QED) is 0.858. The van der Waals surface area contributed by atoms with Gasteiger partial charge in [-0.1, -0.05) is 13.8 Å². The molecule has 3 N–H and O–H groups in total. The maximum atomic E-state index is 5.88. The lowest BCUT2D eigenvalue weighted by atomic mass is 9.89. The number of nitrogens with zero attached hydrogens (tertiary/aromatic N) is 2. The van der Waals surface area contributed by atoms with E-state index < -0.39 is 0 Å². The van der Waals surface area contributed by atoms with Crippen LogP contribution in [0.4, 0.5) is 0 Å². The third kappa shape index (κ3) is 2.35. The van der Waals surface area contributed by atoms with Crippen LogP contribution < -0.4 is 15.2 Å². The normalized spacial score (nSPS) is 12.9. The minimum Gasteiger partial charge on any atom is -0.479 e. The van der Waals surface area contributed by atoms with E-state index in [-0.39, 0.29) is 5.92 Å². The predicted molar refractivity (Wildman–Crippen MR) is 73.6 cm³/mol. The number of nitrogens with two attached hydrogens (primary N) is 1. The standard InChI is InChI=1S/C13H20N4O2/c1-7(2)8(5-14)9-6-15-11-10(9)16-13(19-4)17-12(11)18-3/h6-8,15H,5,14H2,1-4H3. The highest BCUT2D eigenvalue weighted by Gasteiger charge is 2.21. The van der Waals surface area contributed by atoms with E-state index >= 15 is 0 Å². The van der Waals surface area contributed by atoms with Gasteiger partial charge in [0.25, 0.3) is 0 Å². The SMILES string of the molecule is COc1nc(OC)c2[nH]cc(C(CN)C(C)C)c2n1. The van der Waals surface area contributed by atoms with E-state index in [9.17, 15) is 0 Å². The number of fused-ring (bicyclic) bond motifs is 1. The summed E-state index contributed by atoms with van der Waals surface area (Å²) in [5.74, 6) is 1.14. The molecule has 0 aliphatic carbocycles. The van der Waals surface area contributed by atoms with Gasteiger partial charge in [-0.15, -0.1) is 0 Å². The van der Waals surface area contributed by atoms with Gasteiger partial charge in [0.1, 0.15) is 11.0 Å². The number of hydrogen-bond donors (Lipinski definition) is 2. The smallest absolute Gasteiger partial charge is 0.320 e. The molecule has 2 heterocycles. The monoisotopic (exact) mass is 264 g/mol. The Hall–Kier alpha value is -1.82. The Morgan fingerprint density at radius 3 is 2.53 bits per heavy atom. The Bertz CT molecular complexity index is 565. The predicted octanol–water partition coefficient (Wildman–Crippen LogP) is 1.67. The summed E-state index contributed by atoms with van der Waals surface area (Å²) >= 11 is 0. The minimum atomic E-state index is 0.234. The molecule has 1 atom stereocenters. The van der Waals surface area contributed by atoms with E-state index in [1.165, 1.54) is 7.11 Å². The Morgan fingerprint density at radius 1 is 1.26 bits per heavy atom. The molecular formula is C13H20N4O2. The number of aromatic amines is 1. The second kappa shape index (κ2) is 5.44. The topological polar surface area (TPSA) is 86.0 Å². The zero-order chi connectivity index (χ0) is 14.0. The van der Waals surface area contributed by atoms with Crippen LogP contribution in [0.1, 0.15) is 25.3 Å². The van der Waals surface area contributed by atoms with E-state index in [1.54, 1.807) is 7.11 Å². The molecule has 2 aromatic rings. The van der Waals surface area contributed by atoms with Gasteiger partial charge in [0.05, 0.1) is 14.2 Å². The van der Waals surface area contributed by atoms with Crippen molar-refractivity contribution in [2.24, 2.45) is 11.7 Å². The summed E-state index contributed by atoms with van der Waals surface area (Å²) in [5, 5.41) is 0. The first kappa shape index (κ1) is 13.6. The molecule has 0 aliphatic rings. The summed E-state index contributed by atoms with van der Waals surface area (Å²) in [4.78, 5) is 11.7.